The molecule has 0 heterocycles. The second-order valence-corrected chi connectivity index (χ2v) is 4.42. The van der Waals surface area contributed by atoms with Crippen LogP contribution in [0.3, 0.4) is 0 Å². The van der Waals surface area contributed by atoms with Gasteiger partial charge in [-0.3, -0.25) is 9.36 Å². The lowest BCUT2D eigenvalue weighted by molar-refractivity contribution is -0.144. The Kier molecular flexibility index (Phi) is 5.49. The second-order valence-electron chi connectivity index (χ2n) is 2.65. The van der Waals surface area contributed by atoms with Crippen molar-refractivity contribution in [2.45, 2.75) is 19.9 Å². The zero-order valence-electron chi connectivity index (χ0n) is 8.72. The Bertz CT molecular complexity index is 291. The molecule has 1 unspecified atom stereocenters. The Balaban J connectivity index is 4.40. The average molecular weight is 239 g/mol. The first-order valence-electron chi connectivity index (χ1n) is 4.21. The van der Waals surface area contributed by atoms with Gasteiger partial charge in [0.1, 0.15) is 6.04 Å². The SMILES string of the molecule is CCOC(=O)[C@H](C)NP(=O)(O)C(=O)OC. The van der Waals surface area contributed by atoms with Gasteiger partial charge in [0.2, 0.25) is 0 Å². The van der Waals surface area contributed by atoms with Crippen LogP contribution in [0.25, 0.3) is 0 Å². The maximum absolute atomic E-state index is 11.2. The molecule has 0 saturated carbocycles. The molecule has 0 bridgehead atoms. The molecule has 0 fully saturated rings. The second kappa shape index (κ2) is 5.85. The summed E-state index contributed by atoms with van der Waals surface area (Å²) in [6, 6.07) is -1.06. The smallest absolute Gasteiger partial charge is 0.407 e. The molecule has 0 aliphatic rings. The Morgan fingerprint density at radius 2 is 2.07 bits per heavy atom. The lowest BCUT2D eigenvalue weighted by Crippen LogP contribution is -2.34. The molecule has 0 amide bonds. The molecule has 0 aromatic rings. The summed E-state index contributed by atoms with van der Waals surface area (Å²) in [6.45, 7) is 3.06. The van der Waals surface area contributed by atoms with Crippen LogP contribution < -0.4 is 5.09 Å². The van der Waals surface area contributed by atoms with Crippen molar-refractivity contribution in [3.63, 3.8) is 0 Å². The van der Waals surface area contributed by atoms with E-state index >= 15 is 0 Å². The highest BCUT2D eigenvalue weighted by atomic mass is 31.2. The predicted octanol–water partition coefficient (Wildman–Crippen LogP) is 0.479. The molecule has 0 aromatic carbocycles. The van der Waals surface area contributed by atoms with Gasteiger partial charge in [-0.05, 0) is 13.8 Å². The number of carbonyl (C=O) groups is 2. The molecule has 2 N–H and O–H groups in total. The van der Waals surface area contributed by atoms with Gasteiger partial charge in [0.25, 0.3) is 0 Å². The molecule has 0 saturated heterocycles. The third-order valence-corrected chi connectivity index (χ3v) is 2.85. The van der Waals surface area contributed by atoms with E-state index in [2.05, 4.69) is 9.47 Å². The summed E-state index contributed by atoms with van der Waals surface area (Å²) in [6.07, 6.45) is 0. The van der Waals surface area contributed by atoms with Gasteiger partial charge >= 0.3 is 19.2 Å². The van der Waals surface area contributed by atoms with Crippen LogP contribution in [0.1, 0.15) is 13.8 Å². The van der Waals surface area contributed by atoms with E-state index in [0.29, 0.717) is 0 Å². The topological polar surface area (TPSA) is 102 Å². The normalized spacial score (nSPS) is 16.3. The van der Waals surface area contributed by atoms with Crippen molar-refractivity contribution in [2.75, 3.05) is 13.7 Å². The summed E-state index contributed by atoms with van der Waals surface area (Å²) >= 11 is 0. The molecular formula is C7H14NO6P. The first kappa shape index (κ1) is 14.1. The summed E-state index contributed by atoms with van der Waals surface area (Å²) in [7, 11) is -3.36. The maximum Gasteiger partial charge on any atom is 0.407 e. The zero-order chi connectivity index (χ0) is 12.1. The molecule has 0 rings (SSSR count). The van der Waals surface area contributed by atoms with Crippen LogP contribution in [0.2, 0.25) is 0 Å². The molecule has 8 heteroatoms. The lowest BCUT2D eigenvalue weighted by atomic mass is 10.4. The molecule has 7 nitrogen and oxygen atoms in total. The van der Waals surface area contributed by atoms with Gasteiger partial charge < -0.3 is 14.4 Å². The van der Waals surface area contributed by atoms with Crippen molar-refractivity contribution >= 4 is 19.2 Å². The van der Waals surface area contributed by atoms with Gasteiger partial charge in [-0.25, -0.2) is 9.88 Å². The summed E-state index contributed by atoms with van der Waals surface area (Å²) in [5.41, 5.74) is -1.31. The third kappa shape index (κ3) is 4.42. The number of nitrogens with one attached hydrogen (secondary N) is 1. The summed E-state index contributed by atoms with van der Waals surface area (Å²) < 4.78 is 19.9. The van der Waals surface area contributed by atoms with Crippen molar-refractivity contribution in [1.29, 1.82) is 0 Å². The summed E-state index contributed by atoms with van der Waals surface area (Å²) in [5, 5.41) is 1.95. The molecule has 0 aliphatic heterocycles. The van der Waals surface area contributed by atoms with E-state index in [1.807, 2.05) is 5.09 Å². The summed E-state index contributed by atoms with van der Waals surface area (Å²) in [5.74, 6) is -0.712. The highest BCUT2D eigenvalue weighted by Gasteiger charge is 2.34. The van der Waals surface area contributed by atoms with Crippen molar-refractivity contribution < 1.29 is 28.5 Å². The van der Waals surface area contributed by atoms with Crippen molar-refractivity contribution in [3.8, 4) is 0 Å². The van der Waals surface area contributed by atoms with E-state index in [1.165, 1.54) is 6.92 Å². The average Bonchev–Trinajstić information content (AvgIpc) is 2.16. The quantitative estimate of drug-likeness (QED) is 0.531. The minimum absolute atomic E-state index is 0.152. The van der Waals surface area contributed by atoms with Gasteiger partial charge in [0, 0.05) is 0 Å². The van der Waals surface area contributed by atoms with Crippen LogP contribution in [-0.2, 0) is 18.8 Å². The van der Waals surface area contributed by atoms with Gasteiger partial charge in [-0.1, -0.05) is 0 Å². The van der Waals surface area contributed by atoms with Crippen molar-refractivity contribution in [2.24, 2.45) is 0 Å². The van der Waals surface area contributed by atoms with E-state index in [9.17, 15) is 14.2 Å². The number of hydrogen-bond donors (Lipinski definition) is 2. The van der Waals surface area contributed by atoms with Gasteiger partial charge in [-0.2, -0.15) is 0 Å². The van der Waals surface area contributed by atoms with E-state index < -0.39 is 25.2 Å². The van der Waals surface area contributed by atoms with Gasteiger partial charge in [-0.15, -0.1) is 0 Å². The largest absolute Gasteiger partial charge is 0.465 e. The van der Waals surface area contributed by atoms with Gasteiger partial charge in [0.15, 0.2) is 0 Å². The minimum Gasteiger partial charge on any atom is -0.465 e. The summed E-state index contributed by atoms with van der Waals surface area (Å²) in [4.78, 5) is 31.0. The van der Waals surface area contributed by atoms with Crippen LogP contribution in [-0.4, -0.2) is 36.3 Å². The van der Waals surface area contributed by atoms with Crippen LogP contribution in [0.4, 0.5) is 4.79 Å². The first-order valence-corrected chi connectivity index (χ1v) is 5.86. The highest BCUT2D eigenvalue weighted by Crippen LogP contribution is 2.38. The molecule has 15 heavy (non-hydrogen) atoms. The number of methoxy groups -OCH3 is 1. The molecule has 88 valence electrons. The zero-order valence-corrected chi connectivity index (χ0v) is 9.61. The number of esters is 1. The van der Waals surface area contributed by atoms with E-state index in [1.54, 1.807) is 6.92 Å². The lowest BCUT2D eigenvalue weighted by Gasteiger charge is -2.15. The fraction of sp³-hybridized carbons (Fsp3) is 0.714. The Morgan fingerprint density at radius 1 is 1.53 bits per heavy atom. The van der Waals surface area contributed by atoms with Crippen molar-refractivity contribution in [3.05, 3.63) is 0 Å². The molecule has 0 aromatic heterocycles. The highest BCUT2D eigenvalue weighted by molar-refractivity contribution is 7.73. The molecular weight excluding hydrogens is 225 g/mol. The monoisotopic (exact) mass is 239 g/mol. The Morgan fingerprint density at radius 3 is 2.47 bits per heavy atom. The minimum atomic E-state index is -4.33. The van der Waals surface area contributed by atoms with Gasteiger partial charge in [0.05, 0.1) is 13.7 Å². The number of ether oxygens (including phenoxy) is 2. The molecule has 2 atom stereocenters. The fourth-order valence-corrected chi connectivity index (χ4v) is 1.74. The van der Waals surface area contributed by atoms with E-state index in [0.717, 1.165) is 7.11 Å². The van der Waals surface area contributed by atoms with Crippen LogP contribution in [0.15, 0.2) is 0 Å². The number of hydrogen-bond acceptors (Lipinski definition) is 5. The van der Waals surface area contributed by atoms with Crippen molar-refractivity contribution in [1.82, 2.24) is 5.09 Å². The standard InChI is InChI=1S/C7H14NO6P/c1-4-14-6(9)5(2)8-15(11,12)7(10)13-3/h5H,4H2,1-3H3,(H2,8,11,12)/t5-/m0/s1. The predicted molar refractivity (Wildman–Crippen MR) is 51.5 cm³/mol. The Labute approximate surface area is 87.3 Å². The van der Waals surface area contributed by atoms with Crippen LogP contribution in [0.5, 0.6) is 0 Å². The number of carbonyl (C=O) groups excluding carboxylic acids is 2. The number of rotatable bonds is 5. The van der Waals surface area contributed by atoms with E-state index in [4.69, 9.17) is 4.89 Å². The van der Waals surface area contributed by atoms with E-state index in [-0.39, 0.29) is 6.61 Å². The van der Waals surface area contributed by atoms with Crippen LogP contribution in [0, 0.1) is 0 Å². The first-order chi connectivity index (χ1) is 6.85. The molecule has 0 aliphatic carbocycles. The fourth-order valence-electron chi connectivity index (χ4n) is 0.759. The molecule has 0 spiro atoms. The Hall–Kier alpha value is -0.910. The molecule has 0 radical (unpaired) electrons. The third-order valence-electron chi connectivity index (χ3n) is 1.43. The maximum atomic E-state index is 11.2. The van der Waals surface area contributed by atoms with Crippen LogP contribution >= 0.6 is 7.52 Å².